The van der Waals surface area contributed by atoms with Crippen molar-refractivity contribution in [2.75, 3.05) is 18.5 Å². The molecule has 0 amide bonds. The van der Waals surface area contributed by atoms with Crippen LogP contribution in [0.3, 0.4) is 0 Å². The summed E-state index contributed by atoms with van der Waals surface area (Å²) in [5, 5.41) is 17.9. The number of benzene rings is 2. The number of fused-ring (bicyclic) bond motifs is 1. The summed E-state index contributed by atoms with van der Waals surface area (Å²) >= 11 is 9.75. The van der Waals surface area contributed by atoms with Crippen molar-refractivity contribution in [1.82, 2.24) is 19.7 Å². The lowest BCUT2D eigenvalue weighted by molar-refractivity contribution is 0.201. The van der Waals surface area contributed by atoms with Crippen molar-refractivity contribution in [1.29, 1.82) is 0 Å². The molecule has 4 rings (SSSR count). The number of nitrogens with zero attached hydrogens (tertiary/aromatic N) is 4. The van der Waals surface area contributed by atoms with Crippen LogP contribution in [0.4, 0.5) is 11.6 Å². The van der Waals surface area contributed by atoms with Gasteiger partial charge in [-0.25, -0.2) is 9.97 Å². The average Bonchev–Trinajstić information content (AvgIpc) is 3.13. The zero-order valence-electron chi connectivity index (χ0n) is 15.4. The molecule has 0 aliphatic heterocycles. The number of ether oxygens (including phenoxy) is 1. The standard InChI is InChI=1S/C20H17BrClN5O2/c1-27-11-14(10-24-27)12-5-16(8-17(6-12)29-3-2-28)25-20-23-9-13-4-15(21)7-18(22)19(13)26-20/h4-11,28H,2-3H2,1H3,(H,23,25,26). The highest BCUT2D eigenvalue weighted by atomic mass is 79.9. The summed E-state index contributed by atoms with van der Waals surface area (Å²) in [5.41, 5.74) is 3.26. The summed E-state index contributed by atoms with van der Waals surface area (Å²) in [6.07, 6.45) is 5.41. The average molecular weight is 475 g/mol. The minimum absolute atomic E-state index is 0.0677. The molecular formula is C20H17BrClN5O2. The number of aliphatic hydroxyl groups is 1. The van der Waals surface area contributed by atoms with E-state index in [1.54, 1.807) is 23.1 Å². The van der Waals surface area contributed by atoms with Gasteiger partial charge in [-0.2, -0.15) is 5.10 Å². The fourth-order valence-corrected chi connectivity index (χ4v) is 3.79. The van der Waals surface area contributed by atoms with Crippen LogP contribution in [0.5, 0.6) is 5.75 Å². The molecule has 0 radical (unpaired) electrons. The van der Waals surface area contributed by atoms with Crippen molar-refractivity contribution in [3.63, 3.8) is 0 Å². The summed E-state index contributed by atoms with van der Waals surface area (Å²) < 4.78 is 8.22. The van der Waals surface area contributed by atoms with Gasteiger partial charge >= 0.3 is 0 Å². The highest BCUT2D eigenvalue weighted by molar-refractivity contribution is 9.10. The van der Waals surface area contributed by atoms with Gasteiger partial charge in [0, 0.05) is 46.6 Å². The Bertz CT molecular complexity index is 1180. The van der Waals surface area contributed by atoms with E-state index in [-0.39, 0.29) is 13.2 Å². The van der Waals surface area contributed by atoms with E-state index in [1.165, 1.54) is 0 Å². The van der Waals surface area contributed by atoms with Crippen molar-refractivity contribution in [3.05, 3.63) is 58.4 Å². The van der Waals surface area contributed by atoms with Gasteiger partial charge in [-0.15, -0.1) is 0 Å². The molecule has 0 bridgehead atoms. The molecule has 29 heavy (non-hydrogen) atoms. The zero-order chi connectivity index (χ0) is 20.4. The molecule has 2 heterocycles. The Morgan fingerprint density at radius 3 is 2.79 bits per heavy atom. The molecule has 7 nitrogen and oxygen atoms in total. The second-order valence-electron chi connectivity index (χ2n) is 6.36. The van der Waals surface area contributed by atoms with Crippen LogP contribution >= 0.6 is 27.5 Å². The number of nitrogens with one attached hydrogen (secondary N) is 1. The Balaban J connectivity index is 1.71. The van der Waals surface area contributed by atoms with Crippen LogP contribution < -0.4 is 10.1 Å². The number of aliphatic hydroxyl groups excluding tert-OH is 1. The Morgan fingerprint density at radius 2 is 2.03 bits per heavy atom. The minimum Gasteiger partial charge on any atom is -0.491 e. The second-order valence-corrected chi connectivity index (χ2v) is 7.69. The van der Waals surface area contributed by atoms with E-state index in [4.69, 9.17) is 21.4 Å². The van der Waals surface area contributed by atoms with Gasteiger partial charge in [-0.3, -0.25) is 4.68 Å². The van der Waals surface area contributed by atoms with Crippen molar-refractivity contribution >= 4 is 50.1 Å². The Kier molecular flexibility index (Phi) is 5.66. The Hall–Kier alpha value is -2.68. The number of hydrogen-bond donors (Lipinski definition) is 2. The Labute approximate surface area is 180 Å². The molecule has 4 aromatic rings. The number of aromatic nitrogens is 4. The van der Waals surface area contributed by atoms with Crippen LogP contribution in [0, 0.1) is 0 Å². The van der Waals surface area contributed by atoms with Gasteiger partial charge in [-0.1, -0.05) is 27.5 Å². The number of anilines is 2. The van der Waals surface area contributed by atoms with Crippen molar-refractivity contribution < 1.29 is 9.84 Å². The molecule has 0 fully saturated rings. The van der Waals surface area contributed by atoms with Gasteiger partial charge in [0.25, 0.3) is 0 Å². The summed E-state index contributed by atoms with van der Waals surface area (Å²) in [4.78, 5) is 8.92. The summed E-state index contributed by atoms with van der Waals surface area (Å²) in [6, 6.07) is 9.39. The third kappa shape index (κ3) is 4.50. The SMILES string of the molecule is Cn1cc(-c2cc(Nc3ncc4cc(Br)cc(Cl)c4n3)cc(OCCO)c2)cn1. The summed E-state index contributed by atoms with van der Waals surface area (Å²) in [7, 11) is 1.86. The number of hydrogen-bond acceptors (Lipinski definition) is 6. The summed E-state index contributed by atoms with van der Waals surface area (Å²) in [6.45, 7) is 0.134. The van der Waals surface area contributed by atoms with E-state index >= 15 is 0 Å². The van der Waals surface area contributed by atoms with E-state index in [2.05, 4.69) is 36.3 Å². The predicted molar refractivity (Wildman–Crippen MR) is 117 cm³/mol. The minimum atomic E-state index is -0.0677. The van der Waals surface area contributed by atoms with Crippen LogP contribution in [0.25, 0.3) is 22.0 Å². The lowest BCUT2D eigenvalue weighted by Crippen LogP contribution is -2.03. The number of rotatable bonds is 6. The predicted octanol–water partition coefficient (Wildman–Crippen LogP) is 4.56. The molecule has 2 N–H and O–H groups in total. The lowest BCUT2D eigenvalue weighted by Gasteiger charge is -2.12. The first kappa shape index (κ1) is 19.6. The van der Waals surface area contributed by atoms with E-state index in [0.717, 1.165) is 26.7 Å². The monoisotopic (exact) mass is 473 g/mol. The van der Waals surface area contributed by atoms with Gasteiger partial charge in [0.05, 0.1) is 23.3 Å². The first-order valence-corrected chi connectivity index (χ1v) is 9.95. The molecule has 0 saturated carbocycles. The van der Waals surface area contributed by atoms with Crippen molar-refractivity contribution in [3.8, 4) is 16.9 Å². The normalized spacial score (nSPS) is 11.0. The maximum Gasteiger partial charge on any atom is 0.227 e. The molecule has 2 aromatic carbocycles. The van der Waals surface area contributed by atoms with Crippen LogP contribution in [0.15, 0.2) is 53.4 Å². The van der Waals surface area contributed by atoms with Crippen LogP contribution in [0.1, 0.15) is 0 Å². The van der Waals surface area contributed by atoms with Gasteiger partial charge < -0.3 is 15.2 Å². The highest BCUT2D eigenvalue weighted by Crippen LogP contribution is 2.31. The highest BCUT2D eigenvalue weighted by Gasteiger charge is 2.10. The van der Waals surface area contributed by atoms with Crippen molar-refractivity contribution in [2.24, 2.45) is 7.05 Å². The molecule has 0 aliphatic carbocycles. The topological polar surface area (TPSA) is 85.1 Å². The van der Waals surface area contributed by atoms with Gasteiger partial charge in [0.1, 0.15) is 12.4 Å². The fourth-order valence-electron chi connectivity index (χ4n) is 2.91. The smallest absolute Gasteiger partial charge is 0.227 e. The fraction of sp³-hybridized carbons (Fsp3) is 0.150. The van der Waals surface area contributed by atoms with E-state index < -0.39 is 0 Å². The lowest BCUT2D eigenvalue weighted by atomic mass is 10.1. The van der Waals surface area contributed by atoms with Gasteiger partial charge in [0.2, 0.25) is 5.95 Å². The van der Waals surface area contributed by atoms with E-state index in [1.807, 2.05) is 37.5 Å². The molecule has 0 unspecified atom stereocenters. The molecule has 2 aromatic heterocycles. The molecular weight excluding hydrogens is 458 g/mol. The Morgan fingerprint density at radius 1 is 1.17 bits per heavy atom. The molecule has 0 aliphatic rings. The quantitative estimate of drug-likeness (QED) is 0.426. The van der Waals surface area contributed by atoms with E-state index in [9.17, 15) is 0 Å². The molecule has 9 heteroatoms. The number of halogens is 2. The van der Waals surface area contributed by atoms with Gasteiger partial charge in [0.15, 0.2) is 0 Å². The largest absolute Gasteiger partial charge is 0.491 e. The molecule has 0 atom stereocenters. The van der Waals surface area contributed by atoms with Gasteiger partial charge in [-0.05, 0) is 29.8 Å². The third-order valence-electron chi connectivity index (χ3n) is 4.16. The summed E-state index contributed by atoms with van der Waals surface area (Å²) in [5.74, 6) is 1.03. The first-order chi connectivity index (χ1) is 14.0. The van der Waals surface area contributed by atoms with Crippen LogP contribution in [-0.4, -0.2) is 38.1 Å². The maximum absolute atomic E-state index is 9.08. The maximum atomic E-state index is 9.08. The van der Waals surface area contributed by atoms with Crippen LogP contribution in [0.2, 0.25) is 5.02 Å². The second kappa shape index (κ2) is 8.36. The third-order valence-corrected chi connectivity index (χ3v) is 4.91. The number of aryl methyl sites for hydroxylation is 1. The van der Waals surface area contributed by atoms with Crippen molar-refractivity contribution in [2.45, 2.75) is 0 Å². The molecule has 0 saturated heterocycles. The zero-order valence-corrected chi connectivity index (χ0v) is 17.8. The first-order valence-electron chi connectivity index (χ1n) is 8.78. The van der Waals surface area contributed by atoms with Crippen LogP contribution in [-0.2, 0) is 7.05 Å². The van der Waals surface area contributed by atoms with E-state index in [0.29, 0.717) is 22.2 Å². The molecule has 0 spiro atoms. The molecule has 148 valence electrons.